The van der Waals surface area contributed by atoms with Crippen LogP contribution in [0.25, 0.3) is 11.1 Å². The fraction of sp³-hybridized carbons (Fsp3) is 0.408. The van der Waals surface area contributed by atoms with Gasteiger partial charge in [0, 0.05) is 75.7 Å². The second-order valence-electron chi connectivity index (χ2n) is 17.4. The number of aryl methyl sites for hydroxylation is 1. The molecule has 10 heteroatoms. The van der Waals surface area contributed by atoms with E-state index < -0.39 is 6.04 Å². The van der Waals surface area contributed by atoms with Crippen molar-refractivity contribution in [3.63, 3.8) is 0 Å². The number of imide groups is 1. The standard InChI is InChI=1S/C49H53N5O5/c55-39-11-17-43-35(29-39)2-1-3-42(33-6-12-40(13-7-33)59-41-14-15-41)47(43)34-4-8-37(9-5-34)52-22-20-32(21-23-52)30-51-24-26-53(27-25-51)38-10-16-44-36(28-38)31-54(49(44)58)45-18-19-46(56)50-48(45)57/h4-13,16-17,28-29,32,41,45,55H,1-3,14-15,18-27,30-31H2,(H,50,56,57)/t45-/m1/s1. The average molecular weight is 792 g/mol. The Hall–Kier alpha value is -5.61. The lowest BCUT2D eigenvalue weighted by Crippen LogP contribution is -2.52. The summed E-state index contributed by atoms with van der Waals surface area (Å²) in [5.74, 6) is 1.18. The van der Waals surface area contributed by atoms with E-state index in [9.17, 15) is 19.5 Å². The highest BCUT2D eigenvalue weighted by Crippen LogP contribution is 2.42. The first-order valence-electron chi connectivity index (χ1n) is 21.8. The van der Waals surface area contributed by atoms with E-state index in [2.05, 4.69) is 80.7 Å². The van der Waals surface area contributed by atoms with Crippen molar-refractivity contribution in [2.24, 2.45) is 5.92 Å². The number of piperazine rings is 1. The van der Waals surface area contributed by atoms with E-state index in [0.717, 1.165) is 94.9 Å². The van der Waals surface area contributed by atoms with Crippen LogP contribution in [0.15, 0.2) is 84.9 Å². The summed E-state index contributed by atoms with van der Waals surface area (Å²) in [6.07, 6.45) is 8.61. The molecule has 10 rings (SSSR count). The van der Waals surface area contributed by atoms with Crippen molar-refractivity contribution in [2.45, 2.75) is 76.5 Å². The molecule has 4 aromatic rings. The molecule has 59 heavy (non-hydrogen) atoms. The molecule has 304 valence electrons. The van der Waals surface area contributed by atoms with Crippen LogP contribution in [-0.4, -0.2) is 90.6 Å². The van der Waals surface area contributed by atoms with E-state index in [4.69, 9.17) is 4.74 Å². The Morgan fingerprint density at radius 2 is 1.37 bits per heavy atom. The molecule has 4 aromatic carbocycles. The number of allylic oxidation sites excluding steroid dienone is 1. The Balaban J connectivity index is 0.753. The molecule has 1 atom stereocenters. The Labute approximate surface area is 346 Å². The third-order valence-corrected chi connectivity index (χ3v) is 13.5. The molecular formula is C49H53N5O5. The highest BCUT2D eigenvalue weighted by molar-refractivity contribution is 6.05. The van der Waals surface area contributed by atoms with Gasteiger partial charge in [-0.05, 0) is 151 Å². The molecular weight excluding hydrogens is 739 g/mol. The highest BCUT2D eigenvalue weighted by Gasteiger charge is 2.39. The van der Waals surface area contributed by atoms with Gasteiger partial charge in [-0.25, -0.2) is 0 Å². The quantitative estimate of drug-likeness (QED) is 0.174. The smallest absolute Gasteiger partial charge is 0.255 e. The lowest BCUT2D eigenvalue weighted by Gasteiger charge is -2.40. The van der Waals surface area contributed by atoms with Gasteiger partial charge in [-0.3, -0.25) is 24.6 Å². The number of rotatable bonds is 9. The number of ether oxygens (including phenoxy) is 1. The van der Waals surface area contributed by atoms with Crippen LogP contribution in [0.1, 0.15) is 89.5 Å². The molecule has 0 bridgehead atoms. The second-order valence-corrected chi connectivity index (χ2v) is 17.4. The fourth-order valence-corrected chi connectivity index (χ4v) is 10.0. The van der Waals surface area contributed by atoms with Crippen LogP contribution >= 0.6 is 0 Å². The number of anilines is 2. The summed E-state index contributed by atoms with van der Waals surface area (Å²) in [4.78, 5) is 46.5. The number of carbonyl (C=O) groups is 3. The largest absolute Gasteiger partial charge is 0.508 e. The fourth-order valence-electron chi connectivity index (χ4n) is 10.0. The third kappa shape index (κ3) is 7.82. The molecule has 0 unspecified atom stereocenters. The number of phenolic OH excluding ortho intramolecular Hbond substituents is 1. The Bertz CT molecular complexity index is 2280. The molecule has 3 amide bonds. The first kappa shape index (κ1) is 37.6. The number of phenols is 1. The summed E-state index contributed by atoms with van der Waals surface area (Å²) in [5.41, 5.74) is 11.5. The first-order valence-corrected chi connectivity index (χ1v) is 21.8. The Morgan fingerprint density at radius 3 is 2.12 bits per heavy atom. The minimum atomic E-state index is -0.590. The van der Waals surface area contributed by atoms with Crippen molar-refractivity contribution in [1.82, 2.24) is 15.1 Å². The molecule has 2 N–H and O–H groups in total. The van der Waals surface area contributed by atoms with Crippen LogP contribution < -0.4 is 19.9 Å². The number of fused-ring (bicyclic) bond motifs is 2. The summed E-state index contributed by atoms with van der Waals surface area (Å²) in [6.45, 7) is 7.55. The summed E-state index contributed by atoms with van der Waals surface area (Å²) in [6, 6.07) is 29.3. The van der Waals surface area contributed by atoms with Crippen LogP contribution in [0.5, 0.6) is 11.5 Å². The third-order valence-electron chi connectivity index (χ3n) is 13.5. The van der Waals surface area contributed by atoms with Crippen molar-refractivity contribution >= 4 is 40.2 Å². The van der Waals surface area contributed by atoms with Crippen LogP contribution in [0.2, 0.25) is 0 Å². The van der Waals surface area contributed by atoms with Crippen molar-refractivity contribution in [2.75, 3.05) is 55.6 Å². The van der Waals surface area contributed by atoms with Crippen LogP contribution in [0.4, 0.5) is 11.4 Å². The van der Waals surface area contributed by atoms with E-state index >= 15 is 0 Å². The van der Waals surface area contributed by atoms with E-state index in [-0.39, 0.29) is 24.1 Å². The van der Waals surface area contributed by atoms with E-state index in [1.807, 2.05) is 24.3 Å². The molecule has 6 aliphatic rings. The van der Waals surface area contributed by atoms with Gasteiger partial charge in [-0.15, -0.1) is 0 Å². The van der Waals surface area contributed by atoms with Crippen molar-refractivity contribution < 1.29 is 24.2 Å². The molecule has 0 aromatic heterocycles. The number of nitrogens with zero attached hydrogens (tertiary/aromatic N) is 4. The predicted molar refractivity (Wildman–Crippen MR) is 230 cm³/mol. The number of nitrogens with one attached hydrogen (secondary N) is 1. The molecule has 4 aliphatic heterocycles. The maximum Gasteiger partial charge on any atom is 0.255 e. The van der Waals surface area contributed by atoms with Gasteiger partial charge in [0.05, 0.1) is 6.10 Å². The molecule has 0 spiro atoms. The summed E-state index contributed by atoms with van der Waals surface area (Å²) in [7, 11) is 0. The molecule has 0 radical (unpaired) electrons. The zero-order valence-corrected chi connectivity index (χ0v) is 33.7. The van der Waals surface area contributed by atoms with Gasteiger partial charge in [0.1, 0.15) is 17.5 Å². The number of benzene rings is 4. The van der Waals surface area contributed by atoms with Crippen molar-refractivity contribution in [1.29, 1.82) is 0 Å². The van der Waals surface area contributed by atoms with Gasteiger partial charge in [0.25, 0.3) is 5.91 Å². The summed E-state index contributed by atoms with van der Waals surface area (Å²) >= 11 is 0. The molecule has 3 saturated heterocycles. The lowest BCUT2D eigenvalue weighted by atomic mass is 9.87. The zero-order chi connectivity index (χ0) is 40.0. The summed E-state index contributed by atoms with van der Waals surface area (Å²) in [5, 5.41) is 12.8. The SMILES string of the molecule is O=C1CC[C@@H](N2Cc3cc(N4CCN(CC5CCN(c6ccc(C7=C(c8ccc(OC9CC9)cc8)CCCc8cc(O)ccc87)cc6)CC5)CC4)ccc3C2=O)C(=O)N1. The number of carbonyl (C=O) groups excluding carboxylic acids is 3. The van der Waals surface area contributed by atoms with E-state index in [1.165, 1.54) is 51.9 Å². The van der Waals surface area contributed by atoms with Gasteiger partial charge in [0.15, 0.2) is 0 Å². The number of piperidine rings is 2. The van der Waals surface area contributed by atoms with E-state index in [0.29, 0.717) is 36.3 Å². The van der Waals surface area contributed by atoms with Gasteiger partial charge in [0.2, 0.25) is 11.8 Å². The number of aromatic hydroxyl groups is 1. The van der Waals surface area contributed by atoms with Gasteiger partial charge in [-0.2, -0.15) is 0 Å². The first-order chi connectivity index (χ1) is 28.8. The number of amides is 3. The number of hydrogen-bond acceptors (Lipinski definition) is 8. The summed E-state index contributed by atoms with van der Waals surface area (Å²) < 4.78 is 6.07. The molecule has 4 fully saturated rings. The van der Waals surface area contributed by atoms with Crippen molar-refractivity contribution in [3.05, 3.63) is 118 Å². The highest BCUT2D eigenvalue weighted by atomic mass is 16.5. The maximum absolute atomic E-state index is 13.2. The normalized spacial score (nSPS) is 21.7. The lowest BCUT2D eigenvalue weighted by molar-refractivity contribution is -0.136. The van der Waals surface area contributed by atoms with Crippen LogP contribution in [0, 0.1) is 5.92 Å². The van der Waals surface area contributed by atoms with Gasteiger partial charge < -0.3 is 24.5 Å². The number of hydrogen-bond donors (Lipinski definition) is 2. The molecule has 1 saturated carbocycles. The Kier molecular flexibility index (Phi) is 10.1. The van der Waals surface area contributed by atoms with Gasteiger partial charge >= 0.3 is 0 Å². The molecule has 10 nitrogen and oxygen atoms in total. The topological polar surface area (TPSA) is 106 Å². The zero-order valence-electron chi connectivity index (χ0n) is 33.7. The second kappa shape index (κ2) is 15.9. The minimum absolute atomic E-state index is 0.124. The van der Waals surface area contributed by atoms with Gasteiger partial charge in [-0.1, -0.05) is 30.3 Å². The predicted octanol–water partition coefficient (Wildman–Crippen LogP) is 7.03. The molecule has 4 heterocycles. The minimum Gasteiger partial charge on any atom is -0.508 e. The molecule has 2 aliphatic carbocycles. The van der Waals surface area contributed by atoms with Crippen molar-refractivity contribution in [3.8, 4) is 11.5 Å². The van der Waals surface area contributed by atoms with Crippen LogP contribution in [0.3, 0.4) is 0 Å². The Morgan fingerprint density at radius 1 is 0.661 bits per heavy atom. The average Bonchev–Trinajstić information content (AvgIpc) is 4.05. The maximum atomic E-state index is 13.2. The monoisotopic (exact) mass is 791 g/mol. The van der Waals surface area contributed by atoms with Crippen LogP contribution in [-0.2, 0) is 22.6 Å². The van der Waals surface area contributed by atoms with E-state index in [1.54, 1.807) is 4.90 Å².